The third-order valence-electron chi connectivity index (χ3n) is 6.24. The predicted molar refractivity (Wildman–Crippen MR) is 117 cm³/mol. The van der Waals surface area contributed by atoms with Gasteiger partial charge in [0.05, 0.1) is 11.3 Å². The van der Waals surface area contributed by atoms with Crippen LogP contribution in [0.1, 0.15) is 45.4 Å². The van der Waals surface area contributed by atoms with Crippen molar-refractivity contribution in [3.8, 4) is 5.75 Å². The minimum atomic E-state index is -0.697. The van der Waals surface area contributed by atoms with Crippen LogP contribution in [0.15, 0.2) is 88.6 Å². The van der Waals surface area contributed by atoms with Crippen molar-refractivity contribution in [1.82, 2.24) is 0 Å². The van der Waals surface area contributed by atoms with Crippen molar-refractivity contribution in [2.45, 2.75) is 24.4 Å². The number of ketones is 1. The number of azo groups is 1. The quantitative estimate of drug-likeness (QED) is 0.508. The molecule has 8 heteroatoms. The topological polar surface area (TPSA) is 129 Å². The largest absolute Gasteiger partial charge is 0.871 e. The monoisotopic (exact) mass is 442 g/mol. The molecule has 0 amide bonds. The van der Waals surface area contributed by atoms with Crippen LogP contribution in [0.2, 0.25) is 0 Å². The zero-order chi connectivity index (χ0) is 23.1. The highest BCUT2D eigenvalue weighted by Gasteiger charge is 2.40. The van der Waals surface area contributed by atoms with E-state index in [-0.39, 0.29) is 39.5 Å². The number of anilines is 1. The number of aliphatic hydroxyl groups is 1. The van der Waals surface area contributed by atoms with Crippen molar-refractivity contribution in [2.75, 3.05) is 5.23 Å². The third kappa shape index (κ3) is 3.45. The van der Waals surface area contributed by atoms with Gasteiger partial charge in [0, 0.05) is 17.0 Å². The van der Waals surface area contributed by atoms with Gasteiger partial charge in [0.2, 0.25) is 0 Å². The summed E-state index contributed by atoms with van der Waals surface area (Å²) in [4.78, 5) is 13.0. The highest BCUT2D eigenvalue weighted by atomic mass is 16.8. The minimum absolute atomic E-state index is 0.0903. The van der Waals surface area contributed by atoms with E-state index < -0.39 is 17.8 Å². The number of benzene rings is 3. The van der Waals surface area contributed by atoms with E-state index in [0.717, 1.165) is 5.56 Å². The lowest BCUT2D eigenvalue weighted by molar-refractivity contribution is -0.270. The van der Waals surface area contributed by atoms with Gasteiger partial charge in [0.25, 0.3) is 0 Å². The molecular weight excluding hydrogens is 422 g/mol. The fourth-order valence-electron chi connectivity index (χ4n) is 4.65. The van der Waals surface area contributed by atoms with Crippen LogP contribution in [0.25, 0.3) is 5.76 Å². The molecule has 0 unspecified atom stereocenters. The summed E-state index contributed by atoms with van der Waals surface area (Å²) < 4.78 is 0. The van der Waals surface area contributed by atoms with Crippen LogP contribution in [0.3, 0.4) is 0 Å². The highest BCUT2D eigenvalue weighted by Crippen LogP contribution is 2.48. The number of rotatable bonds is 4. The van der Waals surface area contributed by atoms with Crippen molar-refractivity contribution < 1.29 is 25.4 Å². The Hall–Kier alpha value is -4.01. The number of hydrogen-bond acceptors (Lipinski definition) is 8. The van der Waals surface area contributed by atoms with Crippen LogP contribution in [0.5, 0.6) is 5.75 Å². The molecule has 0 spiro atoms. The second-order valence-corrected chi connectivity index (χ2v) is 8.07. The molecule has 0 bridgehead atoms. The zero-order valence-corrected chi connectivity index (χ0v) is 17.4. The van der Waals surface area contributed by atoms with E-state index in [1.54, 1.807) is 36.4 Å². The highest BCUT2D eigenvalue weighted by molar-refractivity contribution is 6.20. The molecule has 0 aromatic heterocycles. The summed E-state index contributed by atoms with van der Waals surface area (Å²) in [6.07, 6.45) is 0.336. The van der Waals surface area contributed by atoms with Crippen LogP contribution in [-0.4, -0.2) is 27.3 Å². The van der Waals surface area contributed by atoms with Gasteiger partial charge >= 0.3 is 0 Å². The summed E-state index contributed by atoms with van der Waals surface area (Å²) in [5, 5.41) is 51.1. The Morgan fingerprint density at radius 3 is 2.27 bits per heavy atom. The molecule has 0 radical (unpaired) electrons. The number of nitrogens with zero attached hydrogens (tertiary/aromatic N) is 3. The fourth-order valence-corrected chi connectivity index (χ4v) is 4.65. The van der Waals surface area contributed by atoms with E-state index in [4.69, 9.17) is 0 Å². The van der Waals surface area contributed by atoms with E-state index in [0.29, 0.717) is 17.5 Å². The molecule has 0 saturated heterocycles. The molecule has 33 heavy (non-hydrogen) atoms. The standard InChI is InChI=1S/C25H21N3O5/c29-23-17(11-6-12-20(23)28(32)33)22-18(14-7-2-1-3-8-14)13-19(26-27-22)21-24(30)15-9-4-5-10-16(15)25(21)31/h1-12,18-19,22,29-30,32-33H,13H2/p-1/t18-,19+,22-/m1/s1. The van der Waals surface area contributed by atoms with Crippen LogP contribution in [-0.2, 0) is 0 Å². The first-order chi connectivity index (χ1) is 16.0. The predicted octanol–water partition coefficient (Wildman–Crippen LogP) is 4.56. The average molecular weight is 442 g/mol. The SMILES string of the molecule is O=C1C([C@@H]2C[C@H](c3ccccc3)[C@@H](c3cccc(N(O)O)c3[O-])N=N2)=C(O)c2ccccc21. The molecule has 166 valence electrons. The van der Waals surface area contributed by atoms with Gasteiger partial charge in [0.15, 0.2) is 5.78 Å². The van der Waals surface area contributed by atoms with Crippen LogP contribution < -0.4 is 10.3 Å². The Morgan fingerprint density at radius 2 is 1.58 bits per heavy atom. The lowest BCUT2D eigenvalue weighted by Crippen LogP contribution is -2.25. The van der Waals surface area contributed by atoms with Gasteiger partial charge in [-0.2, -0.15) is 10.2 Å². The maximum Gasteiger partial charge on any atom is 0.195 e. The summed E-state index contributed by atoms with van der Waals surface area (Å²) in [5.41, 5.74) is 1.97. The van der Waals surface area contributed by atoms with Crippen molar-refractivity contribution in [2.24, 2.45) is 10.2 Å². The van der Waals surface area contributed by atoms with Crippen LogP contribution in [0, 0.1) is 0 Å². The molecule has 3 N–H and O–H groups in total. The molecule has 1 aliphatic heterocycles. The summed E-state index contributed by atoms with van der Waals surface area (Å²) in [7, 11) is 0. The van der Waals surface area contributed by atoms with Crippen LogP contribution >= 0.6 is 0 Å². The van der Waals surface area contributed by atoms with Crippen molar-refractivity contribution in [3.63, 3.8) is 0 Å². The van der Waals surface area contributed by atoms with Crippen molar-refractivity contribution in [3.05, 3.63) is 101 Å². The first-order valence-corrected chi connectivity index (χ1v) is 10.5. The van der Waals surface area contributed by atoms with Crippen molar-refractivity contribution >= 4 is 17.2 Å². The minimum Gasteiger partial charge on any atom is -0.871 e. The Morgan fingerprint density at radius 1 is 0.879 bits per heavy atom. The van der Waals surface area contributed by atoms with Gasteiger partial charge in [-0.05, 0) is 23.6 Å². The van der Waals surface area contributed by atoms with Crippen molar-refractivity contribution in [1.29, 1.82) is 0 Å². The van der Waals surface area contributed by atoms with Gasteiger partial charge < -0.3 is 10.2 Å². The number of carbonyl (C=O) groups is 1. The summed E-state index contributed by atoms with van der Waals surface area (Å²) >= 11 is 0. The Bertz CT molecular complexity index is 1290. The number of Topliss-reactive ketones (excluding diaryl/α,β-unsaturated/α-hetero) is 1. The molecule has 1 aliphatic carbocycles. The maximum absolute atomic E-state index is 13.0. The van der Waals surface area contributed by atoms with E-state index >= 15 is 0 Å². The first-order valence-electron chi connectivity index (χ1n) is 10.5. The fraction of sp³-hybridized carbons (Fsp3) is 0.160. The van der Waals surface area contributed by atoms with E-state index in [2.05, 4.69) is 10.2 Å². The smallest absolute Gasteiger partial charge is 0.195 e. The Kier molecular flexibility index (Phi) is 5.16. The molecule has 3 atom stereocenters. The molecule has 2 aliphatic rings. The molecule has 8 nitrogen and oxygen atoms in total. The van der Waals surface area contributed by atoms with Gasteiger partial charge in [-0.15, -0.1) is 5.23 Å². The molecule has 5 rings (SSSR count). The second kappa shape index (κ2) is 8.16. The second-order valence-electron chi connectivity index (χ2n) is 8.07. The number of para-hydroxylation sites is 1. The number of carbonyl (C=O) groups excluding carboxylic acids is 1. The lowest BCUT2D eigenvalue weighted by Gasteiger charge is -2.33. The molecule has 3 aromatic rings. The van der Waals surface area contributed by atoms with Gasteiger partial charge in [0.1, 0.15) is 17.8 Å². The normalized spacial score (nSPS) is 21.9. The molecule has 0 fully saturated rings. The maximum atomic E-state index is 13.0. The van der Waals surface area contributed by atoms with Gasteiger partial charge in [-0.1, -0.05) is 72.5 Å². The molecule has 1 heterocycles. The lowest BCUT2D eigenvalue weighted by atomic mass is 9.80. The zero-order valence-electron chi connectivity index (χ0n) is 17.4. The Balaban J connectivity index is 1.59. The van der Waals surface area contributed by atoms with E-state index in [1.807, 2.05) is 30.3 Å². The molecular formula is C25H20N3O5-. The van der Waals surface area contributed by atoms with E-state index in [9.17, 15) is 25.4 Å². The molecule has 3 aromatic carbocycles. The summed E-state index contributed by atoms with van der Waals surface area (Å²) in [6.45, 7) is 0. The summed E-state index contributed by atoms with van der Waals surface area (Å²) in [5.74, 6) is -1.27. The summed E-state index contributed by atoms with van der Waals surface area (Å²) in [6, 6.07) is 19.3. The average Bonchev–Trinajstić information content (AvgIpc) is 3.09. The third-order valence-corrected chi connectivity index (χ3v) is 6.24. The number of hydrogen-bond donors (Lipinski definition) is 3. The number of fused-ring (bicyclic) bond motifs is 1. The van der Waals surface area contributed by atoms with Gasteiger partial charge in [-0.3, -0.25) is 15.2 Å². The number of aliphatic hydroxyl groups excluding tert-OH is 1. The van der Waals surface area contributed by atoms with Gasteiger partial charge in [-0.25, -0.2) is 0 Å². The first kappa shape index (κ1) is 20.9. The molecule has 0 saturated carbocycles. The van der Waals surface area contributed by atoms with E-state index in [1.165, 1.54) is 6.07 Å². The Labute approximate surface area is 189 Å². The van der Waals surface area contributed by atoms with Crippen LogP contribution in [0.4, 0.5) is 5.69 Å².